The fourth-order valence-corrected chi connectivity index (χ4v) is 4.11. The van der Waals surface area contributed by atoms with E-state index in [0.29, 0.717) is 19.0 Å². The molecule has 3 N–H and O–H groups in total. The highest BCUT2D eigenvalue weighted by atomic mass is 32.2. The van der Waals surface area contributed by atoms with E-state index in [0.717, 1.165) is 31.4 Å². The number of nitrogens with zero attached hydrogens (tertiary/aromatic N) is 1. The van der Waals surface area contributed by atoms with E-state index < -0.39 is 31.3 Å². The van der Waals surface area contributed by atoms with Gasteiger partial charge in [0.05, 0.1) is 15.9 Å². The van der Waals surface area contributed by atoms with Crippen LogP contribution in [0.25, 0.3) is 0 Å². The molecule has 0 saturated heterocycles. The molecule has 22 heavy (non-hydrogen) atoms. The summed E-state index contributed by atoms with van der Waals surface area (Å²) in [4.78, 5) is 9.46. The second kappa shape index (κ2) is 6.67. The van der Waals surface area contributed by atoms with Crippen LogP contribution in [0, 0.1) is 21.8 Å². The Hall–Kier alpha value is -1.58. The van der Waals surface area contributed by atoms with Gasteiger partial charge >= 0.3 is 0 Å². The second-order valence-corrected chi connectivity index (χ2v) is 7.12. The Morgan fingerprint density at radius 2 is 2.00 bits per heavy atom. The Balaban J connectivity index is 2.28. The Morgan fingerprint density at radius 1 is 1.32 bits per heavy atom. The number of non-ortho nitro benzene ring substituents is 1. The van der Waals surface area contributed by atoms with Gasteiger partial charge in [-0.1, -0.05) is 12.8 Å². The van der Waals surface area contributed by atoms with Gasteiger partial charge in [-0.2, -0.15) is 0 Å². The van der Waals surface area contributed by atoms with Gasteiger partial charge in [0.2, 0.25) is 10.0 Å². The highest BCUT2D eigenvalue weighted by molar-refractivity contribution is 7.89. The second-order valence-electron chi connectivity index (χ2n) is 5.41. The highest BCUT2D eigenvalue weighted by Gasteiger charge is 2.29. The summed E-state index contributed by atoms with van der Waals surface area (Å²) in [5.41, 5.74) is 5.06. The molecule has 2 atom stereocenters. The average Bonchev–Trinajstić information content (AvgIpc) is 2.46. The van der Waals surface area contributed by atoms with Crippen LogP contribution in [0.5, 0.6) is 0 Å². The normalized spacial score (nSPS) is 22.5. The van der Waals surface area contributed by atoms with Crippen molar-refractivity contribution in [1.82, 2.24) is 4.72 Å². The van der Waals surface area contributed by atoms with Gasteiger partial charge in [0.15, 0.2) is 0 Å². The van der Waals surface area contributed by atoms with Crippen molar-refractivity contribution in [2.45, 2.75) is 36.6 Å². The standard InChI is InChI=1S/C13H18FN3O4S/c14-10-5-11(17(18)19)7-12(6-10)22(20,21)16-13-4-2-1-3-9(13)8-15/h5-7,9,13,16H,1-4,8,15H2/t9-,13+/m1/s1. The van der Waals surface area contributed by atoms with Crippen molar-refractivity contribution >= 4 is 15.7 Å². The molecule has 0 aromatic heterocycles. The van der Waals surface area contributed by atoms with Crippen LogP contribution < -0.4 is 10.5 Å². The predicted molar refractivity (Wildman–Crippen MR) is 78.2 cm³/mol. The van der Waals surface area contributed by atoms with Gasteiger partial charge in [-0.05, 0) is 31.4 Å². The van der Waals surface area contributed by atoms with Crippen molar-refractivity contribution in [1.29, 1.82) is 0 Å². The minimum absolute atomic E-state index is 0.0204. The zero-order valence-corrected chi connectivity index (χ0v) is 12.7. The van der Waals surface area contributed by atoms with E-state index in [1.807, 2.05) is 0 Å². The van der Waals surface area contributed by atoms with Gasteiger partial charge in [-0.15, -0.1) is 0 Å². The maximum Gasteiger partial charge on any atom is 0.273 e. The molecule has 0 heterocycles. The molecule has 7 nitrogen and oxygen atoms in total. The molecule has 1 aromatic carbocycles. The first-order valence-corrected chi connectivity index (χ1v) is 8.49. The monoisotopic (exact) mass is 331 g/mol. The molecular weight excluding hydrogens is 313 g/mol. The summed E-state index contributed by atoms with van der Waals surface area (Å²) < 4.78 is 40.6. The number of benzene rings is 1. The third-order valence-corrected chi connectivity index (χ3v) is 5.36. The molecule has 1 aromatic rings. The predicted octanol–water partition coefficient (Wildman–Crippen LogP) is 1.53. The Morgan fingerprint density at radius 3 is 2.64 bits per heavy atom. The molecule has 122 valence electrons. The quantitative estimate of drug-likeness (QED) is 0.627. The minimum atomic E-state index is -4.03. The van der Waals surface area contributed by atoms with Crippen LogP contribution in [0.1, 0.15) is 25.7 Å². The molecule has 1 aliphatic rings. The lowest BCUT2D eigenvalue weighted by Gasteiger charge is -2.31. The Labute approximate surface area is 127 Å². The fraction of sp³-hybridized carbons (Fsp3) is 0.538. The van der Waals surface area contributed by atoms with Crippen LogP contribution in [-0.2, 0) is 10.0 Å². The molecular formula is C13H18FN3O4S. The summed E-state index contributed by atoms with van der Waals surface area (Å²) in [6.07, 6.45) is 3.35. The first-order chi connectivity index (χ1) is 10.3. The molecule has 2 rings (SSSR count). The first kappa shape index (κ1) is 16.8. The molecule has 0 unspecified atom stereocenters. The minimum Gasteiger partial charge on any atom is -0.330 e. The van der Waals surface area contributed by atoms with Crippen LogP contribution in [0.4, 0.5) is 10.1 Å². The van der Waals surface area contributed by atoms with E-state index in [2.05, 4.69) is 4.72 Å². The van der Waals surface area contributed by atoms with Crippen molar-refractivity contribution in [3.05, 3.63) is 34.1 Å². The third-order valence-electron chi connectivity index (χ3n) is 3.90. The molecule has 0 radical (unpaired) electrons. The lowest BCUT2D eigenvalue weighted by atomic mass is 9.85. The summed E-state index contributed by atoms with van der Waals surface area (Å²) in [6.45, 7) is 0.358. The summed E-state index contributed by atoms with van der Waals surface area (Å²) in [7, 11) is -4.03. The van der Waals surface area contributed by atoms with Crippen LogP contribution >= 0.6 is 0 Å². The van der Waals surface area contributed by atoms with E-state index in [1.54, 1.807) is 0 Å². The van der Waals surface area contributed by atoms with Crippen molar-refractivity contribution in [3.63, 3.8) is 0 Å². The topological polar surface area (TPSA) is 115 Å². The molecule has 0 amide bonds. The number of sulfonamides is 1. The summed E-state index contributed by atoms with van der Waals surface area (Å²) >= 11 is 0. The van der Waals surface area contributed by atoms with Crippen molar-refractivity contribution < 1.29 is 17.7 Å². The molecule has 1 fully saturated rings. The molecule has 1 saturated carbocycles. The van der Waals surface area contributed by atoms with Crippen molar-refractivity contribution in [2.24, 2.45) is 11.7 Å². The number of nitrogens with one attached hydrogen (secondary N) is 1. The van der Waals surface area contributed by atoms with Crippen LogP contribution in [0.3, 0.4) is 0 Å². The van der Waals surface area contributed by atoms with Gasteiger partial charge in [0.1, 0.15) is 5.82 Å². The summed E-state index contributed by atoms with van der Waals surface area (Å²) in [5.74, 6) is -0.944. The molecule has 0 spiro atoms. The van der Waals surface area contributed by atoms with E-state index in [4.69, 9.17) is 5.73 Å². The zero-order valence-electron chi connectivity index (χ0n) is 11.9. The number of hydrogen-bond acceptors (Lipinski definition) is 5. The summed E-state index contributed by atoms with van der Waals surface area (Å²) in [5, 5.41) is 10.7. The summed E-state index contributed by atoms with van der Waals surface area (Å²) in [6, 6.07) is 1.98. The lowest BCUT2D eigenvalue weighted by molar-refractivity contribution is -0.385. The van der Waals surface area contributed by atoms with E-state index in [1.165, 1.54) is 0 Å². The van der Waals surface area contributed by atoms with E-state index in [9.17, 15) is 22.9 Å². The van der Waals surface area contributed by atoms with Crippen LogP contribution in [0.15, 0.2) is 23.1 Å². The van der Waals surface area contributed by atoms with Gasteiger partial charge < -0.3 is 5.73 Å². The van der Waals surface area contributed by atoms with Crippen LogP contribution in [0.2, 0.25) is 0 Å². The third kappa shape index (κ3) is 3.79. The van der Waals surface area contributed by atoms with Gasteiger partial charge in [-0.3, -0.25) is 10.1 Å². The fourth-order valence-electron chi connectivity index (χ4n) is 2.72. The number of halogens is 1. The average molecular weight is 331 g/mol. The van der Waals surface area contributed by atoms with Crippen molar-refractivity contribution in [3.8, 4) is 0 Å². The number of nitro groups is 1. The SMILES string of the molecule is NC[C@H]1CCCC[C@@H]1NS(=O)(=O)c1cc(F)cc([N+](=O)[O-])c1. The van der Waals surface area contributed by atoms with Crippen LogP contribution in [-0.4, -0.2) is 25.9 Å². The van der Waals surface area contributed by atoms with E-state index in [-0.39, 0.29) is 12.0 Å². The molecule has 1 aliphatic carbocycles. The smallest absolute Gasteiger partial charge is 0.273 e. The number of hydrogen-bond donors (Lipinski definition) is 2. The Bertz CT molecular complexity index is 665. The highest BCUT2D eigenvalue weighted by Crippen LogP contribution is 2.26. The molecule has 9 heteroatoms. The number of nitrogens with two attached hydrogens (primary N) is 1. The number of rotatable bonds is 5. The maximum atomic E-state index is 13.4. The Kier molecular flexibility index (Phi) is 5.09. The van der Waals surface area contributed by atoms with Gasteiger partial charge in [0, 0.05) is 12.1 Å². The van der Waals surface area contributed by atoms with Gasteiger partial charge in [0.25, 0.3) is 5.69 Å². The van der Waals surface area contributed by atoms with E-state index >= 15 is 0 Å². The van der Waals surface area contributed by atoms with Gasteiger partial charge in [-0.25, -0.2) is 17.5 Å². The van der Waals surface area contributed by atoms with Crippen molar-refractivity contribution in [2.75, 3.05) is 6.54 Å². The zero-order chi connectivity index (χ0) is 16.3. The molecule has 0 bridgehead atoms. The lowest BCUT2D eigenvalue weighted by Crippen LogP contribution is -2.44. The number of nitro benzene ring substituents is 1. The maximum absolute atomic E-state index is 13.4. The first-order valence-electron chi connectivity index (χ1n) is 7.01. The largest absolute Gasteiger partial charge is 0.330 e. The molecule has 0 aliphatic heterocycles.